The molecular weight excluding hydrogens is 242 g/mol. The molecule has 0 aliphatic heterocycles. The van der Waals surface area contributed by atoms with Gasteiger partial charge in [0.1, 0.15) is 5.75 Å². The van der Waals surface area contributed by atoms with Gasteiger partial charge in [-0.2, -0.15) is 0 Å². The van der Waals surface area contributed by atoms with Crippen molar-refractivity contribution < 1.29 is 9.53 Å². The van der Waals surface area contributed by atoms with Crippen molar-refractivity contribution in [3.05, 3.63) is 41.9 Å². The zero-order chi connectivity index (χ0) is 13.8. The van der Waals surface area contributed by atoms with Gasteiger partial charge in [-0.1, -0.05) is 6.92 Å². The number of hydrogen-bond acceptors (Lipinski definition) is 4. The van der Waals surface area contributed by atoms with Gasteiger partial charge >= 0.3 is 0 Å². The van der Waals surface area contributed by atoms with Crippen LogP contribution in [-0.2, 0) is 6.42 Å². The van der Waals surface area contributed by atoms with Crippen LogP contribution < -0.4 is 10.5 Å². The van der Waals surface area contributed by atoms with Gasteiger partial charge in [0.05, 0.1) is 12.8 Å². The molecule has 0 radical (unpaired) electrons. The number of primary amides is 1. The van der Waals surface area contributed by atoms with Gasteiger partial charge in [-0.15, -0.1) is 0 Å². The number of rotatable bonds is 4. The Morgan fingerprint density at radius 3 is 2.79 bits per heavy atom. The quantitative estimate of drug-likeness (QED) is 0.906. The lowest BCUT2D eigenvalue weighted by molar-refractivity contribution is 0.0990. The van der Waals surface area contributed by atoms with E-state index in [0.717, 1.165) is 23.3 Å². The summed E-state index contributed by atoms with van der Waals surface area (Å²) in [7, 11) is 1.64. The van der Waals surface area contributed by atoms with E-state index in [0.29, 0.717) is 5.69 Å². The van der Waals surface area contributed by atoms with Crippen molar-refractivity contribution in [3.8, 4) is 17.0 Å². The van der Waals surface area contributed by atoms with E-state index < -0.39 is 5.91 Å². The first-order valence-electron chi connectivity index (χ1n) is 5.95. The highest BCUT2D eigenvalue weighted by Gasteiger charge is 2.09. The minimum atomic E-state index is -0.633. The van der Waals surface area contributed by atoms with E-state index in [1.807, 2.05) is 18.2 Å². The number of hydrogen-bond donors (Lipinski definition) is 1. The predicted octanol–water partition coefficient (Wildman–Crippen LogP) is 1.81. The van der Waals surface area contributed by atoms with E-state index in [1.54, 1.807) is 13.2 Å². The maximum absolute atomic E-state index is 11.1. The Morgan fingerprint density at radius 2 is 2.16 bits per heavy atom. The lowest BCUT2D eigenvalue weighted by Gasteiger charge is -2.09. The maximum atomic E-state index is 11.1. The third-order valence-corrected chi connectivity index (χ3v) is 2.83. The minimum Gasteiger partial charge on any atom is -0.496 e. The fraction of sp³-hybridized carbons (Fsp3) is 0.214. The van der Waals surface area contributed by atoms with Crippen molar-refractivity contribution in [1.82, 2.24) is 9.97 Å². The molecule has 1 aromatic heterocycles. The van der Waals surface area contributed by atoms with Crippen LogP contribution in [-0.4, -0.2) is 23.0 Å². The number of nitrogens with zero attached hydrogens (tertiary/aromatic N) is 2. The van der Waals surface area contributed by atoms with Crippen molar-refractivity contribution in [3.63, 3.8) is 0 Å². The third-order valence-electron chi connectivity index (χ3n) is 2.83. The summed E-state index contributed by atoms with van der Waals surface area (Å²) in [6.45, 7) is 2.05. The average Bonchev–Trinajstić information content (AvgIpc) is 2.46. The van der Waals surface area contributed by atoms with Crippen LogP contribution in [0.5, 0.6) is 5.75 Å². The summed E-state index contributed by atoms with van der Waals surface area (Å²) in [6.07, 6.45) is 2.38. The van der Waals surface area contributed by atoms with Crippen molar-refractivity contribution in [2.75, 3.05) is 7.11 Å². The summed E-state index contributed by atoms with van der Waals surface area (Å²) >= 11 is 0. The summed E-state index contributed by atoms with van der Waals surface area (Å²) in [6, 6.07) is 7.52. The summed E-state index contributed by atoms with van der Waals surface area (Å²) in [4.78, 5) is 19.1. The minimum absolute atomic E-state index is 0.0198. The van der Waals surface area contributed by atoms with E-state index >= 15 is 0 Å². The third kappa shape index (κ3) is 2.70. The van der Waals surface area contributed by atoms with Crippen LogP contribution >= 0.6 is 0 Å². The van der Waals surface area contributed by atoms with Crippen LogP contribution in [0.2, 0.25) is 0 Å². The van der Waals surface area contributed by atoms with Gasteiger partial charge in [0.15, 0.2) is 0 Å². The molecule has 0 aliphatic carbocycles. The molecule has 5 nitrogen and oxygen atoms in total. The molecular formula is C14H15N3O2. The fourth-order valence-electron chi connectivity index (χ4n) is 1.85. The first-order valence-corrected chi connectivity index (χ1v) is 5.95. The van der Waals surface area contributed by atoms with Gasteiger partial charge in [0.2, 0.25) is 5.82 Å². The van der Waals surface area contributed by atoms with Crippen LogP contribution in [0, 0.1) is 0 Å². The van der Waals surface area contributed by atoms with Crippen LogP contribution in [0.3, 0.4) is 0 Å². The number of amides is 1. The second-order valence-corrected chi connectivity index (χ2v) is 4.01. The molecule has 0 bridgehead atoms. The number of carbonyl (C=O) groups excluding carboxylic acids is 1. The summed E-state index contributed by atoms with van der Waals surface area (Å²) in [5.74, 6) is 0.230. The molecule has 0 unspecified atom stereocenters. The summed E-state index contributed by atoms with van der Waals surface area (Å²) in [5, 5.41) is 0. The molecule has 98 valence electrons. The normalized spacial score (nSPS) is 10.2. The first kappa shape index (κ1) is 13.0. The summed E-state index contributed by atoms with van der Waals surface area (Å²) in [5.41, 5.74) is 7.83. The van der Waals surface area contributed by atoms with Crippen LogP contribution in [0.1, 0.15) is 23.1 Å². The van der Waals surface area contributed by atoms with Gasteiger partial charge < -0.3 is 10.5 Å². The van der Waals surface area contributed by atoms with Gasteiger partial charge in [0, 0.05) is 11.8 Å². The zero-order valence-electron chi connectivity index (χ0n) is 10.9. The highest BCUT2D eigenvalue weighted by Crippen LogP contribution is 2.25. The molecule has 1 amide bonds. The van der Waals surface area contributed by atoms with Crippen molar-refractivity contribution in [2.45, 2.75) is 13.3 Å². The number of nitrogens with two attached hydrogens (primary N) is 1. The number of aryl methyl sites for hydroxylation is 1. The topological polar surface area (TPSA) is 78.1 Å². The second-order valence-electron chi connectivity index (χ2n) is 4.01. The highest BCUT2D eigenvalue weighted by atomic mass is 16.5. The zero-order valence-corrected chi connectivity index (χ0v) is 10.9. The van der Waals surface area contributed by atoms with Crippen LogP contribution in [0.4, 0.5) is 0 Å². The van der Waals surface area contributed by atoms with Crippen molar-refractivity contribution in [2.24, 2.45) is 5.73 Å². The van der Waals surface area contributed by atoms with E-state index in [2.05, 4.69) is 16.9 Å². The molecule has 0 spiro atoms. The Labute approximate surface area is 111 Å². The number of benzene rings is 1. The molecule has 0 aliphatic rings. The molecule has 19 heavy (non-hydrogen) atoms. The lowest BCUT2D eigenvalue weighted by atomic mass is 10.1. The Hall–Kier alpha value is -2.43. The van der Waals surface area contributed by atoms with Gasteiger partial charge in [-0.25, -0.2) is 9.97 Å². The van der Waals surface area contributed by atoms with E-state index in [4.69, 9.17) is 10.5 Å². The molecule has 1 aromatic carbocycles. The Balaban J connectivity index is 2.47. The average molecular weight is 257 g/mol. The van der Waals surface area contributed by atoms with E-state index in [1.165, 1.54) is 6.20 Å². The predicted molar refractivity (Wildman–Crippen MR) is 71.9 cm³/mol. The van der Waals surface area contributed by atoms with Crippen molar-refractivity contribution in [1.29, 1.82) is 0 Å². The van der Waals surface area contributed by atoms with Gasteiger partial charge in [0.25, 0.3) is 5.91 Å². The van der Waals surface area contributed by atoms with Gasteiger partial charge in [-0.3, -0.25) is 4.79 Å². The monoisotopic (exact) mass is 257 g/mol. The molecule has 2 aromatic rings. The molecule has 1 heterocycles. The fourth-order valence-corrected chi connectivity index (χ4v) is 1.85. The van der Waals surface area contributed by atoms with Crippen LogP contribution in [0.25, 0.3) is 11.3 Å². The molecule has 0 atom stereocenters. The van der Waals surface area contributed by atoms with E-state index in [-0.39, 0.29) is 5.82 Å². The molecule has 0 saturated heterocycles. The number of ether oxygens (including phenoxy) is 1. The standard InChI is InChI=1S/C14H15N3O2/c1-3-9-8-10(4-5-12(9)19-2)11-6-7-16-14(17-11)13(15)18/h4-8H,3H2,1-2H3,(H2,15,18). The van der Waals surface area contributed by atoms with Crippen LogP contribution in [0.15, 0.2) is 30.5 Å². The SMILES string of the molecule is CCc1cc(-c2ccnc(C(N)=O)n2)ccc1OC. The van der Waals surface area contributed by atoms with Gasteiger partial charge in [-0.05, 0) is 36.2 Å². The summed E-state index contributed by atoms with van der Waals surface area (Å²) < 4.78 is 5.28. The molecule has 5 heteroatoms. The molecule has 0 fully saturated rings. The van der Waals surface area contributed by atoms with Crippen molar-refractivity contribution >= 4 is 5.91 Å². The molecule has 0 saturated carbocycles. The smallest absolute Gasteiger partial charge is 0.286 e. The number of methoxy groups -OCH3 is 1. The molecule has 2 N–H and O–H groups in total. The second kappa shape index (κ2) is 5.48. The lowest BCUT2D eigenvalue weighted by Crippen LogP contribution is -2.15. The highest BCUT2D eigenvalue weighted by molar-refractivity contribution is 5.89. The Kier molecular flexibility index (Phi) is 3.75. The Bertz CT molecular complexity index is 611. The molecule has 2 rings (SSSR count). The number of aromatic nitrogens is 2. The largest absolute Gasteiger partial charge is 0.496 e. The van der Waals surface area contributed by atoms with E-state index in [9.17, 15) is 4.79 Å². The Morgan fingerprint density at radius 1 is 1.37 bits per heavy atom. The maximum Gasteiger partial charge on any atom is 0.286 e. The first-order chi connectivity index (χ1) is 9.15. The number of carbonyl (C=O) groups is 1.